The molecule has 2 heterocycles. The van der Waals surface area contributed by atoms with E-state index in [0.29, 0.717) is 28.5 Å². The second kappa shape index (κ2) is 6.95. The van der Waals surface area contributed by atoms with E-state index in [1.165, 1.54) is 17.1 Å². The molecule has 0 radical (unpaired) electrons. The van der Waals surface area contributed by atoms with Crippen molar-refractivity contribution in [2.24, 2.45) is 0 Å². The van der Waals surface area contributed by atoms with Gasteiger partial charge in [0.1, 0.15) is 12.4 Å². The van der Waals surface area contributed by atoms with Gasteiger partial charge in [0.2, 0.25) is 5.95 Å². The lowest BCUT2D eigenvalue weighted by atomic mass is 9.93. The first-order valence-corrected chi connectivity index (χ1v) is 8.53. The maximum atomic E-state index is 13.1. The first-order valence-electron chi connectivity index (χ1n) is 8.53. The quantitative estimate of drug-likeness (QED) is 0.534. The minimum absolute atomic E-state index is 0.0892. The van der Waals surface area contributed by atoms with Crippen LogP contribution in [0.1, 0.15) is 18.5 Å². The van der Waals surface area contributed by atoms with Crippen molar-refractivity contribution < 1.29 is 9.72 Å². The van der Waals surface area contributed by atoms with Gasteiger partial charge in [-0.05, 0) is 25.1 Å². The van der Waals surface area contributed by atoms with Crippen molar-refractivity contribution >= 4 is 23.2 Å². The van der Waals surface area contributed by atoms with Crippen LogP contribution < -0.4 is 10.6 Å². The van der Waals surface area contributed by atoms with E-state index >= 15 is 0 Å². The molecule has 0 unspecified atom stereocenters. The zero-order valence-electron chi connectivity index (χ0n) is 14.9. The zero-order valence-corrected chi connectivity index (χ0v) is 14.9. The number of hydrogen-bond donors (Lipinski definition) is 2. The number of fused-ring (bicyclic) bond motifs is 1. The molecule has 2 aromatic carbocycles. The van der Waals surface area contributed by atoms with Crippen LogP contribution >= 0.6 is 0 Å². The lowest BCUT2D eigenvalue weighted by molar-refractivity contribution is -0.385. The normalized spacial score (nSPS) is 15.5. The average Bonchev–Trinajstić information content (AvgIpc) is 3.15. The monoisotopic (exact) mass is 376 g/mol. The third kappa shape index (κ3) is 2.98. The summed E-state index contributed by atoms with van der Waals surface area (Å²) < 4.78 is 1.48. The number of para-hydroxylation sites is 2. The van der Waals surface area contributed by atoms with Crippen LogP contribution in [-0.4, -0.2) is 25.6 Å². The van der Waals surface area contributed by atoms with Gasteiger partial charge in [-0.2, -0.15) is 10.1 Å². The highest BCUT2D eigenvalue weighted by atomic mass is 16.6. The average molecular weight is 376 g/mol. The van der Waals surface area contributed by atoms with E-state index in [0.717, 1.165) is 0 Å². The van der Waals surface area contributed by atoms with E-state index in [1.807, 2.05) is 18.2 Å². The van der Waals surface area contributed by atoms with Gasteiger partial charge in [-0.1, -0.05) is 30.3 Å². The van der Waals surface area contributed by atoms with E-state index in [2.05, 4.69) is 20.7 Å². The standard InChI is InChI=1S/C19H16N6O3/c1-12-16(18(26)23-13-7-3-2-4-8-13)17(24-19(22-12)20-11-21-24)14-9-5-6-10-15(14)25(27)28/h2-11,17H,1H3,(H,23,26)(H,20,21,22)/t17-/m0/s1. The van der Waals surface area contributed by atoms with E-state index in [9.17, 15) is 14.9 Å². The maximum Gasteiger partial charge on any atom is 0.275 e. The molecule has 1 aliphatic heterocycles. The Morgan fingerprint density at radius 3 is 2.64 bits per heavy atom. The number of nitrogens with zero attached hydrogens (tertiary/aromatic N) is 4. The number of aromatic nitrogens is 3. The molecule has 0 spiro atoms. The number of hydrogen-bond acceptors (Lipinski definition) is 6. The predicted molar refractivity (Wildman–Crippen MR) is 103 cm³/mol. The Labute approximate surface area is 159 Å². The molecule has 9 nitrogen and oxygen atoms in total. The Morgan fingerprint density at radius 2 is 1.89 bits per heavy atom. The van der Waals surface area contributed by atoms with Crippen molar-refractivity contribution in [1.29, 1.82) is 0 Å². The summed E-state index contributed by atoms with van der Waals surface area (Å²) in [5, 5.41) is 21.7. The number of anilines is 2. The molecule has 1 aliphatic rings. The summed E-state index contributed by atoms with van der Waals surface area (Å²) in [7, 11) is 0. The van der Waals surface area contributed by atoms with Crippen LogP contribution in [0.2, 0.25) is 0 Å². The van der Waals surface area contributed by atoms with Gasteiger partial charge in [0.05, 0.1) is 16.1 Å². The maximum absolute atomic E-state index is 13.1. The first-order chi connectivity index (χ1) is 13.6. The molecule has 0 fully saturated rings. The van der Waals surface area contributed by atoms with Crippen LogP contribution in [0.5, 0.6) is 0 Å². The minimum Gasteiger partial charge on any atom is -0.328 e. The molecule has 0 saturated heterocycles. The molecule has 3 aromatic rings. The van der Waals surface area contributed by atoms with E-state index < -0.39 is 11.0 Å². The van der Waals surface area contributed by atoms with E-state index in [4.69, 9.17) is 0 Å². The molecule has 0 saturated carbocycles. The number of benzene rings is 2. The number of nitro groups is 1. The van der Waals surface area contributed by atoms with Crippen molar-refractivity contribution in [1.82, 2.24) is 14.8 Å². The molecule has 1 aromatic heterocycles. The van der Waals surface area contributed by atoms with Gasteiger partial charge < -0.3 is 10.6 Å². The fraction of sp³-hybridized carbons (Fsp3) is 0.105. The zero-order chi connectivity index (χ0) is 19.7. The van der Waals surface area contributed by atoms with Gasteiger partial charge in [0, 0.05) is 17.5 Å². The van der Waals surface area contributed by atoms with Crippen LogP contribution in [0.25, 0.3) is 0 Å². The number of allylic oxidation sites excluding steroid dienone is 1. The van der Waals surface area contributed by atoms with Crippen molar-refractivity contribution in [2.75, 3.05) is 10.6 Å². The Kier molecular flexibility index (Phi) is 4.32. The molecule has 1 atom stereocenters. The largest absolute Gasteiger partial charge is 0.328 e. The molecular weight excluding hydrogens is 360 g/mol. The van der Waals surface area contributed by atoms with Crippen molar-refractivity contribution in [3.05, 3.63) is 87.9 Å². The number of nitro benzene ring substituents is 1. The van der Waals surface area contributed by atoms with Gasteiger partial charge in [0.15, 0.2) is 0 Å². The van der Waals surface area contributed by atoms with Gasteiger partial charge in [0.25, 0.3) is 11.6 Å². The third-order valence-corrected chi connectivity index (χ3v) is 4.50. The second-order valence-electron chi connectivity index (χ2n) is 6.23. The lowest BCUT2D eigenvalue weighted by Gasteiger charge is -2.28. The van der Waals surface area contributed by atoms with E-state index in [-0.39, 0.29) is 11.6 Å². The number of carbonyl (C=O) groups excluding carboxylic acids is 1. The van der Waals surface area contributed by atoms with Crippen molar-refractivity contribution in [2.45, 2.75) is 13.0 Å². The van der Waals surface area contributed by atoms with Gasteiger partial charge in [-0.3, -0.25) is 14.9 Å². The third-order valence-electron chi connectivity index (χ3n) is 4.50. The molecule has 28 heavy (non-hydrogen) atoms. The topological polar surface area (TPSA) is 115 Å². The van der Waals surface area contributed by atoms with Crippen LogP contribution in [-0.2, 0) is 4.79 Å². The van der Waals surface area contributed by atoms with E-state index in [1.54, 1.807) is 37.3 Å². The summed E-state index contributed by atoms with van der Waals surface area (Å²) in [6.07, 6.45) is 1.34. The summed E-state index contributed by atoms with van der Waals surface area (Å²) in [5.74, 6) is 0.0393. The minimum atomic E-state index is -0.788. The van der Waals surface area contributed by atoms with Gasteiger partial charge in [-0.25, -0.2) is 4.68 Å². The summed E-state index contributed by atoms with van der Waals surface area (Å²) in [6.45, 7) is 1.74. The molecule has 0 aliphatic carbocycles. The molecule has 9 heteroatoms. The fourth-order valence-corrected chi connectivity index (χ4v) is 3.28. The first kappa shape index (κ1) is 17.4. The highest BCUT2D eigenvalue weighted by Crippen LogP contribution is 2.38. The second-order valence-corrected chi connectivity index (χ2v) is 6.23. The fourth-order valence-electron chi connectivity index (χ4n) is 3.28. The Balaban J connectivity index is 1.84. The van der Waals surface area contributed by atoms with Crippen molar-refractivity contribution in [3.8, 4) is 0 Å². The summed E-state index contributed by atoms with van der Waals surface area (Å²) >= 11 is 0. The van der Waals surface area contributed by atoms with Crippen molar-refractivity contribution in [3.63, 3.8) is 0 Å². The number of amides is 1. The highest BCUT2D eigenvalue weighted by Gasteiger charge is 2.36. The smallest absolute Gasteiger partial charge is 0.275 e. The van der Waals surface area contributed by atoms with Gasteiger partial charge >= 0.3 is 0 Å². The number of nitrogens with one attached hydrogen (secondary N) is 2. The molecule has 4 rings (SSSR count). The summed E-state index contributed by atoms with van der Waals surface area (Å²) in [4.78, 5) is 28.4. The van der Waals surface area contributed by atoms with Crippen LogP contribution in [0, 0.1) is 10.1 Å². The van der Waals surface area contributed by atoms with Crippen LogP contribution in [0.15, 0.2) is 72.2 Å². The Hall–Kier alpha value is -4.01. The Bertz CT molecular complexity index is 1090. The number of carbonyl (C=O) groups is 1. The molecule has 140 valence electrons. The highest BCUT2D eigenvalue weighted by molar-refractivity contribution is 6.06. The summed E-state index contributed by atoms with van der Waals surface area (Å²) in [5.41, 5.74) is 1.78. The van der Waals surface area contributed by atoms with Crippen LogP contribution in [0.3, 0.4) is 0 Å². The lowest BCUT2D eigenvalue weighted by Crippen LogP contribution is -2.31. The molecule has 2 N–H and O–H groups in total. The number of rotatable bonds is 4. The molecular formula is C19H16N6O3. The van der Waals surface area contributed by atoms with Gasteiger partial charge in [-0.15, -0.1) is 0 Å². The molecule has 1 amide bonds. The summed E-state index contributed by atoms with van der Waals surface area (Å²) in [6, 6.07) is 14.5. The van der Waals surface area contributed by atoms with Crippen LogP contribution in [0.4, 0.5) is 17.3 Å². The Morgan fingerprint density at radius 1 is 1.18 bits per heavy atom. The predicted octanol–water partition coefficient (Wildman–Crippen LogP) is 3.11. The molecule has 0 bridgehead atoms. The SMILES string of the molecule is CC1=C(C(=O)Nc2ccccc2)[C@H](c2ccccc2[N+](=O)[O-])n2ncnc2N1.